The highest BCUT2D eigenvalue weighted by Gasteiger charge is 2.28. The average molecular weight is 383 g/mol. The van der Waals surface area contributed by atoms with Gasteiger partial charge in [0.2, 0.25) is 0 Å². The third kappa shape index (κ3) is 3.95. The molecule has 1 atom stereocenters. The zero-order valence-electron chi connectivity index (χ0n) is 11.7. The van der Waals surface area contributed by atoms with Crippen LogP contribution < -0.4 is 10.1 Å². The smallest absolute Gasteiger partial charge is 0.317 e. The summed E-state index contributed by atoms with van der Waals surface area (Å²) in [6.07, 6.45) is 4.01. The molecule has 1 aliphatic heterocycles. The molecular weight excluding hydrogens is 368 g/mol. The molecule has 0 spiro atoms. The number of nitrogens with zero attached hydrogens (tertiary/aromatic N) is 3. The molecule has 2 amide bonds. The Morgan fingerprint density at radius 1 is 1.50 bits per heavy atom. The van der Waals surface area contributed by atoms with Gasteiger partial charge in [0.05, 0.1) is 17.6 Å². The molecule has 1 aliphatic rings. The Hall–Kier alpha value is -1.67. The highest BCUT2D eigenvalue weighted by molar-refractivity contribution is 9.10. The van der Waals surface area contributed by atoms with E-state index in [-0.39, 0.29) is 12.1 Å². The van der Waals surface area contributed by atoms with Crippen molar-refractivity contribution in [3.05, 3.63) is 39.3 Å². The Morgan fingerprint density at radius 2 is 2.32 bits per heavy atom. The highest BCUT2D eigenvalue weighted by Crippen LogP contribution is 2.16. The second-order valence-corrected chi connectivity index (χ2v) is 6.84. The third-order valence-corrected chi connectivity index (χ3v) is 4.58. The van der Waals surface area contributed by atoms with Crippen LogP contribution in [0.25, 0.3) is 0 Å². The van der Waals surface area contributed by atoms with Gasteiger partial charge < -0.3 is 15.0 Å². The molecule has 22 heavy (non-hydrogen) atoms. The molecular formula is C14H15BrN4O2S. The number of amides is 2. The lowest BCUT2D eigenvalue weighted by Gasteiger charge is -2.17. The van der Waals surface area contributed by atoms with E-state index in [4.69, 9.17) is 4.74 Å². The van der Waals surface area contributed by atoms with Crippen LogP contribution in [-0.2, 0) is 6.54 Å². The Balaban J connectivity index is 1.47. The predicted octanol–water partition coefficient (Wildman–Crippen LogP) is 2.66. The van der Waals surface area contributed by atoms with Crippen LogP contribution in [0.3, 0.4) is 0 Å². The fraction of sp³-hybridized carbons (Fsp3) is 0.357. The number of thiophene rings is 1. The number of ether oxygens (including phenoxy) is 1. The van der Waals surface area contributed by atoms with Crippen molar-refractivity contribution in [1.29, 1.82) is 0 Å². The number of nitrogens with one attached hydrogen (secondary N) is 1. The van der Waals surface area contributed by atoms with Crippen LogP contribution in [0.1, 0.15) is 11.3 Å². The quantitative estimate of drug-likeness (QED) is 0.882. The lowest BCUT2D eigenvalue weighted by Crippen LogP contribution is -2.39. The van der Waals surface area contributed by atoms with Gasteiger partial charge in [-0.15, -0.1) is 11.3 Å². The third-order valence-electron chi connectivity index (χ3n) is 3.29. The van der Waals surface area contributed by atoms with Crippen LogP contribution in [0, 0.1) is 0 Å². The Morgan fingerprint density at radius 3 is 3.05 bits per heavy atom. The molecule has 8 heteroatoms. The molecule has 0 radical (unpaired) electrons. The van der Waals surface area contributed by atoms with Gasteiger partial charge in [0.25, 0.3) is 0 Å². The minimum atomic E-state index is -0.0614. The topological polar surface area (TPSA) is 67.4 Å². The van der Waals surface area contributed by atoms with Gasteiger partial charge in [0, 0.05) is 30.2 Å². The van der Waals surface area contributed by atoms with Crippen molar-refractivity contribution >= 4 is 33.3 Å². The van der Waals surface area contributed by atoms with Gasteiger partial charge in [-0.2, -0.15) is 0 Å². The van der Waals surface area contributed by atoms with Gasteiger partial charge in [0.15, 0.2) is 0 Å². The van der Waals surface area contributed by atoms with E-state index in [2.05, 4.69) is 31.2 Å². The normalized spacial score (nSPS) is 17.5. The second kappa shape index (κ2) is 7.06. The van der Waals surface area contributed by atoms with E-state index in [1.165, 1.54) is 0 Å². The highest BCUT2D eigenvalue weighted by atomic mass is 79.9. The summed E-state index contributed by atoms with van der Waals surface area (Å²) in [4.78, 5) is 23.2. The van der Waals surface area contributed by atoms with Crippen LogP contribution in [0.4, 0.5) is 4.79 Å². The number of urea groups is 1. The lowest BCUT2D eigenvalue weighted by atomic mass is 10.3. The van der Waals surface area contributed by atoms with Crippen molar-refractivity contribution in [2.45, 2.75) is 19.1 Å². The molecule has 0 aliphatic carbocycles. The minimum absolute atomic E-state index is 0.0591. The van der Waals surface area contributed by atoms with Crippen molar-refractivity contribution in [2.24, 2.45) is 0 Å². The molecule has 3 heterocycles. The number of carbonyl (C=O) groups excluding carboxylic acids is 1. The van der Waals surface area contributed by atoms with Gasteiger partial charge in [-0.05, 0) is 27.4 Å². The van der Waals surface area contributed by atoms with Gasteiger partial charge in [0.1, 0.15) is 6.10 Å². The Bertz CT molecular complexity index is 620. The standard InChI is InChI=1S/C14H15BrN4O2S/c15-10-6-16-13(17-7-10)21-11-3-4-19(9-11)14(20)18-8-12-2-1-5-22-12/h1-2,5-7,11H,3-4,8-9H2,(H,18,20)/t11-/m0/s1. The molecule has 0 unspecified atom stereocenters. The first kappa shape index (κ1) is 15.2. The maximum atomic E-state index is 12.1. The van der Waals surface area contributed by atoms with Crippen molar-refractivity contribution in [3.8, 4) is 6.01 Å². The van der Waals surface area contributed by atoms with Gasteiger partial charge in [-0.25, -0.2) is 14.8 Å². The number of halogens is 1. The van der Waals surface area contributed by atoms with Crippen LogP contribution in [0.5, 0.6) is 6.01 Å². The second-order valence-electron chi connectivity index (χ2n) is 4.90. The van der Waals surface area contributed by atoms with E-state index in [0.717, 1.165) is 15.8 Å². The maximum Gasteiger partial charge on any atom is 0.317 e. The Labute approximate surface area is 140 Å². The minimum Gasteiger partial charge on any atom is -0.458 e. The zero-order chi connectivity index (χ0) is 15.4. The molecule has 2 aromatic rings. The van der Waals surface area contributed by atoms with Crippen LogP contribution in [0.2, 0.25) is 0 Å². The summed E-state index contributed by atoms with van der Waals surface area (Å²) in [7, 11) is 0. The summed E-state index contributed by atoms with van der Waals surface area (Å²) in [6, 6.07) is 4.26. The molecule has 1 saturated heterocycles. The first-order valence-corrected chi connectivity index (χ1v) is 8.57. The summed E-state index contributed by atoms with van der Waals surface area (Å²) in [5.41, 5.74) is 0. The molecule has 0 aromatic carbocycles. The van der Waals surface area contributed by atoms with Crippen LogP contribution in [0.15, 0.2) is 34.4 Å². The molecule has 1 N–H and O–H groups in total. The van der Waals surface area contributed by atoms with Gasteiger partial charge in [-0.1, -0.05) is 6.07 Å². The molecule has 6 nitrogen and oxygen atoms in total. The SMILES string of the molecule is O=C(NCc1cccs1)N1CC[C@H](Oc2ncc(Br)cn2)C1. The number of hydrogen-bond acceptors (Lipinski definition) is 5. The largest absolute Gasteiger partial charge is 0.458 e. The van der Waals surface area contributed by atoms with Crippen molar-refractivity contribution < 1.29 is 9.53 Å². The summed E-state index contributed by atoms with van der Waals surface area (Å²) in [6.45, 7) is 1.79. The van der Waals surface area contributed by atoms with Crippen LogP contribution >= 0.6 is 27.3 Å². The molecule has 116 valence electrons. The van der Waals surface area contributed by atoms with E-state index in [0.29, 0.717) is 25.6 Å². The number of likely N-dealkylation sites (tertiary alicyclic amines) is 1. The van der Waals surface area contributed by atoms with E-state index in [1.54, 1.807) is 28.6 Å². The number of carbonyl (C=O) groups is 1. The molecule has 0 saturated carbocycles. The summed E-state index contributed by atoms with van der Waals surface area (Å²) >= 11 is 4.91. The van der Waals surface area contributed by atoms with Crippen molar-refractivity contribution in [2.75, 3.05) is 13.1 Å². The summed E-state index contributed by atoms with van der Waals surface area (Å²) in [5, 5.41) is 4.92. The average Bonchev–Trinajstić information content (AvgIpc) is 3.19. The first-order chi connectivity index (χ1) is 10.7. The van der Waals surface area contributed by atoms with E-state index < -0.39 is 0 Å². The maximum absolute atomic E-state index is 12.1. The molecule has 2 aromatic heterocycles. The van der Waals surface area contributed by atoms with Crippen molar-refractivity contribution in [3.63, 3.8) is 0 Å². The predicted molar refractivity (Wildman–Crippen MR) is 86.9 cm³/mol. The lowest BCUT2D eigenvalue weighted by molar-refractivity contribution is 0.178. The summed E-state index contributed by atoms with van der Waals surface area (Å²) in [5.74, 6) is 0. The van der Waals surface area contributed by atoms with Gasteiger partial charge >= 0.3 is 12.0 Å². The van der Waals surface area contributed by atoms with E-state index >= 15 is 0 Å². The molecule has 1 fully saturated rings. The monoisotopic (exact) mass is 382 g/mol. The van der Waals surface area contributed by atoms with Crippen LogP contribution in [-0.4, -0.2) is 40.1 Å². The number of rotatable bonds is 4. The number of aromatic nitrogens is 2. The molecule has 0 bridgehead atoms. The zero-order valence-corrected chi connectivity index (χ0v) is 14.1. The summed E-state index contributed by atoms with van der Waals surface area (Å²) < 4.78 is 6.50. The van der Waals surface area contributed by atoms with Gasteiger partial charge in [-0.3, -0.25) is 0 Å². The fourth-order valence-corrected chi connectivity index (χ4v) is 3.06. The number of hydrogen-bond donors (Lipinski definition) is 1. The van der Waals surface area contributed by atoms with Crippen molar-refractivity contribution in [1.82, 2.24) is 20.2 Å². The Kier molecular flexibility index (Phi) is 4.89. The first-order valence-electron chi connectivity index (χ1n) is 6.90. The molecule has 3 rings (SSSR count). The van der Waals surface area contributed by atoms with E-state index in [1.807, 2.05) is 17.5 Å². The van der Waals surface area contributed by atoms with E-state index in [9.17, 15) is 4.79 Å². The fourth-order valence-electron chi connectivity index (χ4n) is 2.21.